The molecule has 0 spiro atoms. The summed E-state index contributed by atoms with van der Waals surface area (Å²) in [4.78, 5) is 27.5. The molecule has 1 N–H and O–H groups in total. The van der Waals surface area contributed by atoms with Crippen LogP contribution < -0.4 is 19.1 Å². The van der Waals surface area contributed by atoms with Gasteiger partial charge in [0.1, 0.15) is 25.8 Å². The smallest absolute Gasteiger partial charge is 0.244 e. The van der Waals surface area contributed by atoms with Crippen molar-refractivity contribution in [3.8, 4) is 11.5 Å². The molecule has 0 aromatic heterocycles. The van der Waals surface area contributed by atoms with Crippen molar-refractivity contribution in [2.75, 3.05) is 43.9 Å². The van der Waals surface area contributed by atoms with Gasteiger partial charge in [-0.05, 0) is 30.5 Å². The van der Waals surface area contributed by atoms with Crippen molar-refractivity contribution in [3.05, 3.63) is 54.1 Å². The van der Waals surface area contributed by atoms with Crippen molar-refractivity contribution in [1.82, 2.24) is 10.2 Å². The number of amides is 2. The molecule has 0 bridgehead atoms. The van der Waals surface area contributed by atoms with E-state index in [2.05, 4.69) is 5.32 Å². The van der Waals surface area contributed by atoms with Gasteiger partial charge in [-0.1, -0.05) is 37.3 Å². The van der Waals surface area contributed by atoms with E-state index in [1.54, 1.807) is 18.2 Å². The first-order valence-electron chi connectivity index (χ1n) is 11.2. The van der Waals surface area contributed by atoms with E-state index >= 15 is 0 Å². The van der Waals surface area contributed by atoms with Crippen molar-refractivity contribution in [3.63, 3.8) is 0 Å². The van der Waals surface area contributed by atoms with Gasteiger partial charge in [0.05, 0.1) is 11.9 Å². The monoisotopic (exact) mass is 489 g/mol. The van der Waals surface area contributed by atoms with Gasteiger partial charge < -0.3 is 19.7 Å². The minimum absolute atomic E-state index is 0.271. The van der Waals surface area contributed by atoms with E-state index in [1.807, 2.05) is 37.3 Å². The van der Waals surface area contributed by atoms with Gasteiger partial charge in [-0.3, -0.25) is 13.9 Å². The highest BCUT2D eigenvalue weighted by Gasteiger charge is 2.31. The van der Waals surface area contributed by atoms with E-state index in [-0.39, 0.29) is 18.1 Å². The zero-order valence-corrected chi connectivity index (χ0v) is 20.5. The van der Waals surface area contributed by atoms with Crippen LogP contribution in [-0.2, 0) is 26.0 Å². The van der Waals surface area contributed by atoms with Gasteiger partial charge in [-0.2, -0.15) is 0 Å². The lowest BCUT2D eigenvalue weighted by atomic mass is 10.1. The van der Waals surface area contributed by atoms with Gasteiger partial charge >= 0.3 is 0 Å². The maximum Gasteiger partial charge on any atom is 0.244 e. The number of ether oxygens (including phenoxy) is 2. The van der Waals surface area contributed by atoms with Crippen LogP contribution in [0.4, 0.5) is 5.69 Å². The number of nitrogens with zero attached hydrogens (tertiary/aromatic N) is 2. The number of rotatable bonds is 10. The second-order valence-electron chi connectivity index (χ2n) is 7.96. The maximum atomic E-state index is 13.5. The van der Waals surface area contributed by atoms with E-state index < -0.39 is 28.5 Å². The molecule has 0 radical (unpaired) electrons. The SMILES string of the molecule is CCC(C(=O)NC)N(CCc1ccccc1)C(=O)CN(c1ccc2c(c1)OCCO2)S(C)(=O)=O. The lowest BCUT2D eigenvalue weighted by Gasteiger charge is -2.32. The Kier molecular flexibility index (Phi) is 8.38. The van der Waals surface area contributed by atoms with E-state index in [0.29, 0.717) is 37.6 Å². The maximum absolute atomic E-state index is 13.5. The van der Waals surface area contributed by atoms with Crippen molar-refractivity contribution in [2.45, 2.75) is 25.8 Å². The first-order valence-corrected chi connectivity index (χ1v) is 13.0. The van der Waals surface area contributed by atoms with Crippen LogP contribution >= 0.6 is 0 Å². The Morgan fingerprint density at radius 2 is 1.74 bits per heavy atom. The highest BCUT2D eigenvalue weighted by Crippen LogP contribution is 2.34. The Morgan fingerprint density at radius 1 is 1.06 bits per heavy atom. The second kappa shape index (κ2) is 11.2. The molecular formula is C24H31N3O6S. The fraction of sp³-hybridized carbons (Fsp3) is 0.417. The first-order chi connectivity index (χ1) is 16.2. The predicted molar refractivity (Wildman–Crippen MR) is 130 cm³/mol. The molecule has 1 aliphatic heterocycles. The number of nitrogens with one attached hydrogen (secondary N) is 1. The number of fused-ring (bicyclic) bond motifs is 1. The van der Waals surface area contributed by atoms with Gasteiger partial charge in [-0.15, -0.1) is 0 Å². The zero-order valence-electron chi connectivity index (χ0n) is 19.7. The molecule has 0 aliphatic carbocycles. The van der Waals surface area contributed by atoms with E-state index in [0.717, 1.165) is 16.1 Å². The quantitative estimate of drug-likeness (QED) is 0.546. The summed E-state index contributed by atoms with van der Waals surface area (Å²) in [6.07, 6.45) is 1.97. The van der Waals surface area contributed by atoms with Crippen LogP contribution in [0.25, 0.3) is 0 Å². The minimum Gasteiger partial charge on any atom is -0.486 e. The Hall–Kier alpha value is -3.27. The van der Waals surface area contributed by atoms with Crippen LogP contribution in [0.15, 0.2) is 48.5 Å². The second-order valence-corrected chi connectivity index (χ2v) is 9.87. The molecule has 1 heterocycles. The molecule has 3 rings (SSSR count). The summed E-state index contributed by atoms with van der Waals surface area (Å²) in [6.45, 7) is 2.41. The average molecular weight is 490 g/mol. The van der Waals surface area contributed by atoms with Crippen molar-refractivity contribution in [1.29, 1.82) is 0 Å². The predicted octanol–water partition coefficient (Wildman–Crippen LogP) is 1.82. The minimum atomic E-state index is -3.81. The van der Waals surface area contributed by atoms with Gasteiger partial charge in [0.15, 0.2) is 11.5 Å². The summed E-state index contributed by atoms with van der Waals surface area (Å²) in [5.74, 6) is 0.174. The van der Waals surface area contributed by atoms with Crippen LogP contribution in [0.1, 0.15) is 18.9 Å². The van der Waals surface area contributed by atoms with E-state index in [4.69, 9.17) is 9.47 Å². The summed E-state index contributed by atoms with van der Waals surface area (Å²) in [7, 11) is -2.29. The zero-order chi connectivity index (χ0) is 24.7. The molecule has 2 aromatic carbocycles. The summed E-state index contributed by atoms with van der Waals surface area (Å²) in [5, 5.41) is 2.60. The van der Waals surface area contributed by atoms with Crippen molar-refractivity contribution in [2.24, 2.45) is 0 Å². The normalized spacial score (nSPS) is 13.6. The molecule has 2 aromatic rings. The number of hydrogen-bond donors (Lipinski definition) is 1. The Labute approximate surface area is 200 Å². The number of hydrogen-bond acceptors (Lipinski definition) is 6. The fourth-order valence-electron chi connectivity index (χ4n) is 3.86. The third kappa shape index (κ3) is 6.19. The van der Waals surface area contributed by atoms with Gasteiger partial charge in [0.2, 0.25) is 21.8 Å². The fourth-order valence-corrected chi connectivity index (χ4v) is 4.70. The molecule has 2 amide bonds. The lowest BCUT2D eigenvalue weighted by Crippen LogP contribution is -2.52. The number of benzene rings is 2. The summed E-state index contributed by atoms with van der Waals surface area (Å²) in [6, 6.07) is 13.6. The molecule has 0 saturated carbocycles. The summed E-state index contributed by atoms with van der Waals surface area (Å²) < 4.78 is 37.5. The standard InChI is InChI=1S/C24H31N3O6S/c1-4-20(24(29)25-2)26(13-12-18-8-6-5-7-9-18)23(28)17-27(34(3,30)31)19-10-11-21-22(16-19)33-15-14-32-21/h5-11,16,20H,4,12-15,17H2,1-3H3,(H,25,29). The Balaban J connectivity index is 1.88. The van der Waals surface area contributed by atoms with Crippen LogP contribution in [0.5, 0.6) is 11.5 Å². The number of likely N-dealkylation sites (N-methyl/N-ethyl adjacent to an activating group) is 1. The highest BCUT2D eigenvalue weighted by atomic mass is 32.2. The van der Waals surface area contributed by atoms with Crippen LogP contribution in [0, 0.1) is 0 Å². The highest BCUT2D eigenvalue weighted by molar-refractivity contribution is 7.92. The van der Waals surface area contributed by atoms with Crippen LogP contribution in [-0.4, -0.2) is 70.8 Å². The lowest BCUT2D eigenvalue weighted by molar-refractivity contribution is -0.139. The molecular weight excluding hydrogens is 458 g/mol. The van der Waals surface area contributed by atoms with Crippen molar-refractivity contribution < 1.29 is 27.5 Å². The molecule has 10 heteroatoms. The van der Waals surface area contributed by atoms with Crippen LogP contribution in [0.2, 0.25) is 0 Å². The third-order valence-electron chi connectivity index (χ3n) is 5.61. The number of carbonyl (C=O) groups excluding carboxylic acids is 2. The molecule has 0 saturated heterocycles. The van der Waals surface area contributed by atoms with Gasteiger partial charge in [0, 0.05) is 19.7 Å². The first kappa shape index (κ1) is 25.4. The number of carbonyl (C=O) groups is 2. The molecule has 184 valence electrons. The molecule has 34 heavy (non-hydrogen) atoms. The van der Waals surface area contributed by atoms with Gasteiger partial charge in [0.25, 0.3) is 0 Å². The van der Waals surface area contributed by atoms with E-state index in [9.17, 15) is 18.0 Å². The molecule has 1 unspecified atom stereocenters. The summed E-state index contributed by atoms with van der Waals surface area (Å²) in [5.41, 5.74) is 1.30. The molecule has 9 nitrogen and oxygen atoms in total. The topological polar surface area (TPSA) is 105 Å². The van der Waals surface area contributed by atoms with Gasteiger partial charge in [-0.25, -0.2) is 8.42 Å². The van der Waals surface area contributed by atoms with E-state index in [1.165, 1.54) is 11.9 Å². The molecule has 0 fully saturated rings. The molecule has 1 atom stereocenters. The average Bonchev–Trinajstić information content (AvgIpc) is 2.84. The number of sulfonamides is 1. The molecule has 1 aliphatic rings. The largest absolute Gasteiger partial charge is 0.486 e. The Morgan fingerprint density at radius 3 is 2.35 bits per heavy atom. The summed E-state index contributed by atoms with van der Waals surface area (Å²) >= 11 is 0. The Bertz CT molecular complexity index is 1110. The third-order valence-corrected chi connectivity index (χ3v) is 6.75. The van der Waals surface area contributed by atoms with Crippen LogP contribution in [0.3, 0.4) is 0 Å². The van der Waals surface area contributed by atoms with Crippen molar-refractivity contribution >= 4 is 27.5 Å². The number of anilines is 1.